The van der Waals surface area contributed by atoms with E-state index in [1.807, 2.05) is 11.9 Å². The predicted octanol–water partition coefficient (Wildman–Crippen LogP) is 1.83. The van der Waals surface area contributed by atoms with Gasteiger partial charge in [0.05, 0.1) is 20.6 Å². The molecule has 0 aliphatic rings. The van der Waals surface area contributed by atoms with Crippen molar-refractivity contribution in [3.63, 3.8) is 0 Å². The van der Waals surface area contributed by atoms with E-state index in [1.54, 1.807) is 12.1 Å². The fourth-order valence-corrected chi connectivity index (χ4v) is 1.54. The van der Waals surface area contributed by atoms with Crippen LogP contribution in [0.1, 0.15) is 12.0 Å². The van der Waals surface area contributed by atoms with Crippen molar-refractivity contribution >= 4 is 5.97 Å². The molecule has 4 nitrogen and oxygen atoms in total. The van der Waals surface area contributed by atoms with Gasteiger partial charge >= 0.3 is 5.97 Å². The molecule has 0 spiro atoms. The van der Waals surface area contributed by atoms with Gasteiger partial charge < -0.3 is 14.4 Å². The fraction of sp³-hybridized carbons (Fsp3) is 0.462. The van der Waals surface area contributed by atoms with Crippen LogP contribution in [0.5, 0.6) is 5.75 Å². The van der Waals surface area contributed by atoms with Crippen molar-refractivity contribution < 1.29 is 18.7 Å². The van der Waals surface area contributed by atoms with Crippen LogP contribution in [0.15, 0.2) is 18.2 Å². The number of esters is 1. The first kappa shape index (κ1) is 14.4. The summed E-state index contributed by atoms with van der Waals surface area (Å²) in [5.74, 6) is -0.0789. The fourth-order valence-electron chi connectivity index (χ4n) is 1.54. The topological polar surface area (TPSA) is 38.8 Å². The van der Waals surface area contributed by atoms with Crippen LogP contribution in [0.4, 0.5) is 4.39 Å². The van der Waals surface area contributed by atoms with E-state index in [9.17, 15) is 9.18 Å². The SMILES string of the molecule is COC(=O)CCN(C)Cc1ccc(OC)cc1F. The molecule has 0 radical (unpaired) electrons. The maximum atomic E-state index is 13.7. The number of rotatable bonds is 6. The second-order valence-corrected chi connectivity index (χ2v) is 4.02. The van der Waals surface area contributed by atoms with Crippen molar-refractivity contribution in [3.8, 4) is 5.75 Å². The minimum Gasteiger partial charge on any atom is -0.497 e. The van der Waals surface area contributed by atoms with Crippen molar-refractivity contribution in [2.45, 2.75) is 13.0 Å². The minimum atomic E-state index is -0.306. The Hall–Kier alpha value is -1.62. The highest BCUT2D eigenvalue weighted by molar-refractivity contribution is 5.69. The first-order valence-corrected chi connectivity index (χ1v) is 5.64. The molecule has 0 atom stereocenters. The summed E-state index contributed by atoms with van der Waals surface area (Å²) < 4.78 is 23.1. The lowest BCUT2D eigenvalue weighted by Gasteiger charge is -2.16. The summed E-state index contributed by atoms with van der Waals surface area (Å²) in [7, 11) is 4.68. The molecule has 0 bridgehead atoms. The maximum absolute atomic E-state index is 13.7. The molecular weight excluding hydrogens is 237 g/mol. The van der Waals surface area contributed by atoms with Crippen molar-refractivity contribution in [2.24, 2.45) is 0 Å². The van der Waals surface area contributed by atoms with E-state index in [4.69, 9.17) is 4.74 Å². The number of nitrogens with zero attached hydrogens (tertiary/aromatic N) is 1. The molecule has 0 aromatic heterocycles. The van der Waals surface area contributed by atoms with Gasteiger partial charge in [-0.05, 0) is 13.1 Å². The Morgan fingerprint density at radius 1 is 1.39 bits per heavy atom. The van der Waals surface area contributed by atoms with E-state index in [0.717, 1.165) is 0 Å². The van der Waals surface area contributed by atoms with Gasteiger partial charge in [-0.1, -0.05) is 6.07 Å². The molecule has 1 aromatic carbocycles. The number of hydrogen-bond donors (Lipinski definition) is 0. The number of halogens is 1. The predicted molar refractivity (Wildman–Crippen MR) is 65.9 cm³/mol. The number of hydrogen-bond acceptors (Lipinski definition) is 4. The average molecular weight is 255 g/mol. The third-order valence-corrected chi connectivity index (χ3v) is 2.63. The van der Waals surface area contributed by atoms with Gasteiger partial charge in [0.25, 0.3) is 0 Å². The molecule has 18 heavy (non-hydrogen) atoms. The molecule has 0 amide bonds. The summed E-state index contributed by atoms with van der Waals surface area (Å²) in [6, 6.07) is 4.75. The molecular formula is C13H18FNO3. The highest BCUT2D eigenvalue weighted by atomic mass is 19.1. The van der Waals surface area contributed by atoms with Crippen LogP contribution in [0.25, 0.3) is 0 Å². The monoisotopic (exact) mass is 255 g/mol. The molecule has 0 saturated carbocycles. The molecule has 5 heteroatoms. The summed E-state index contributed by atoms with van der Waals surface area (Å²) >= 11 is 0. The van der Waals surface area contributed by atoms with E-state index in [1.165, 1.54) is 20.3 Å². The molecule has 0 saturated heterocycles. The molecule has 0 unspecified atom stereocenters. The van der Waals surface area contributed by atoms with Gasteiger partial charge in [0.1, 0.15) is 11.6 Å². The van der Waals surface area contributed by atoms with Crippen LogP contribution in [-0.2, 0) is 16.1 Å². The maximum Gasteiger partial charge on any atom is 0.306 e. The van der Waals surface area contributed by atoms with E-state index in [0.29, 0.717) is 30.8 Å². The molecule has 1 rings (SSSR count). The highest BCUT2D eigenvalue weighted by Gasteiger charge is 2.09. The largest absolute Gasteiger partial charge is 0.497 e. The molecule has 0 heterocycles. The van der Waals surface area contributed by atoms with Crippen LogP contribution < -0.4 is 4.74 Å². The summed E-state index contributed by atoms with van der Waals surface area (Å²) in [6.45, 7) is 0.963. The number of carbonyl (C=O) groups is 1. The molecule has 1 aromatic rings. The lowest BCUT2D eigenvalue weighted by atomic mass is 10.2. The van der Waals surface area contributed by atoms with Crippen LogP contribution in [0, 0.1) is 5.82 Å². The Bertz CT molecular complexity index is 409. The molecule has 0 N–H and O–H groups in total. The number of carbonyl (C=O) groups excluding carboxylic acids is 1. The quantitative estimate of drug-likeness (QED) is 0.727. The summed E-state index contributed by atoms with van der Waals surface area (Å²) in [5.41, 5.74) is 0.572. The number of benzene rings is 1. The number of ether oxygens (including phenoxy) is 2. The van der Waals surface area contributed by atoms with Crippen molar-refractivity contribution in [3.05, 3.63) is 29.6 Å². The van der Waals surface area contributed by atoms with E-state index < -0.39 is 0 Å². The number of methoxy groups -OCH3 is 2. The first-order valence-electron chi connectivity index (χ1n) is 5.64. The van der Waals surface area contributed by atoms with Gasteiger partial charge in [-0.25, -0.2) is 4.39 Å². The Morgan fingerprint density at radius 3 is 2.67 bits per heavy atom. The van der Waals surface area contributed by atoms with E-state index in [2.05, 4.69) is 4.74 Å². The smallest absolute Gasteiger partial charge is 0.306 e. The normalized spacial score (nSPS) is 10.5. The average Bonchev–Trinajstić information content (AvgIpc) is 2.38. The Morgan fingerprint density at radius 2 is 2.11 bits per heavy atom. The zero-order valence-electron chi connectivity index (χ0n) is 10.9. The third kappa shape index (κ3) is 4.33. The lowest BCUT2D eigenvalue weighted by Crippen LogP contribution is -2.22. The van der Waals surface area contributed by atoms with Gasteiger partial charge in [-0.2, -0.15) is 0 Å². The van der Waals surface area contributed by atoms with Crippen molar-refractivity contribution in [1.82, 2.24) is 4.90 Å². The molecule has 0 aliphatic heterocycles. The Balaban J connectivity index is 2.53. The molecule has 0 fully saturated rings. The van der Waals surface area contributed by atoms with Gasteiger partial charge in [0.15, 0.2) is 0 Å². The lowest BCUT2D eigenvalue weighted by molar-refractivity contribution is -0.140. The molecule has 0 aliphatic carbocycles. The first-order chi connectivity index (χ1) is 8.56. The van der Waals surface area contributed by atoms with E-state index in [-0.39, 0.29) is 11.8 Å². The van der Waals surface area contributed by atoms with E-state index >= 15 is 0 Å². The van der Waals surface area contributed by atoms with Crippen molar-refractivity contribution in [2.75, 3.05) is 27.8 Å². The zero-order valence-corrected chi connectivity index (χ0v) is 10.9. The minimum absolute atomic E-state index is 0.267. The summed E-state index contributed by atoms with van der Waals surface area (Å²) in [4.78, 5) is 12.8. The zero-order chi connectivity index (χ0) is 13.5. The standard InChI is InChI=1S/C13H18FNO3/c1-15(7-6-13(16)18-3)9-10-4-5-11(17-2)8-12(10)14/h4-5,8H,6-7,9H2,1-3H3. The van der Waals surface area contributed by atoms with Gasteiger partial charge in [0, 0.05) is 24.7 Å². The van der Waals surface area contributed by atoms with Crippen LogP contribution in [-0.4, -0.2) is 38.7 Å². The summed E-state index contributed by atoms with van der Waals surface area (Å²) in [6.07, 6.45) is 0.296. The molecule has 100 valence electrons. The Kier molecular flexibility index (Phi) is 5.58. The van der Waals surface area contributed by atoms with Gasteiger partial charge in [-0.15, -0.1) is 0 Å². The van der Waals surface area contributed by atoms with Crippen LogP contribution in [0.3, 0.4) is 0 Å². The second kappa shape index (κ2) is 6.96. The van der Waals surface area contributed by atoms with Crippen LogP contribution >= 0.6 is 0 Å². The van der Waals surface area contributed by atoms with Crippen molar-refractivity contribution in [1.29, 1.82) is 0 Å². The van der Waals surface area contributed by atoms with Crippen LogP contribution in [0.2, 0.25) is 0 Å². The van der Waals surface area contributed by atoms with Gasteiger partial charge in [-0.3, -0.25) is 4.79 Å². The third-order valence-electron chi connectivity index (χ3n) is 2.63. The Labute approximate surface area is 106 Å². The summed E-state index contributed by atoms with van der Waals surface area (Å²) in [5, 5.41) is 0. The second-order valence-electron chi connectivity index (χ2n) is 4.02. The highest BCUT2D eigenvalue weighted by Crippen LogP contribution is 2.17. The van der Waals surface area contributed by atoms with Gasteiger partial charge in [0.2, 0.25) is 0 Å².